The number of hydrogen-bond acceptors (Lipinski definition) is 5. The van der Waals surface area contributed by atoms with E-state index >= 15 is 0 Å². The second kappa shape index (κ2) is 8.89. The zero-order valence-electron chi connectivity index (χ0n) is 19.5. The number of ether oxygens (including phenoxy) is 1. The zero-order valence-corrected chi connectivity index (χ0v) is 19.5. The van der Waals surface area contributed by atoms with Gasteiger partial charge in [-0.05, 0) is 48.0 Å². The summed E-state index contributed by atoms with van der Waals surface area (Å²) in [6.45, 7) is 3.27. The number of morpholine rings is 1. The Morgan fingerprint density at radius 2 is 1.54 bits per heavy atom. The van der Waals surface area contributed by atoms with Crippen LogP contribution < -0.4 is 10.5 Å². The van der Waals surface area contributed by atoms with Gasteiger partial charge in [-0.1, -0.05) is 42.5 Å². The van der Waals surface area contributed by atoms with Crippen molar-refractivity contribution in [3.8, 4) is 33.9 Å². The molecule has 0 N–H and O–H groups in total. The highest BCUT2D eigenvalue weighted by Crippen LogP contribution is 2.38. The summed E-state index contributed by atoms with van der Waals surface area (Å²) in [5, 5.41) is 0. The van der Waals surface area contributed by atoms with Crippen molar-refractivity contribution >= 4 is 16.7 Å². The quantitative estimate of drug-likeness (QED) is 0.359. The Morgan fingerprint density at radius 1 is 0.829 bits per heavy atom. The van der Waals surface area contributed by atoms with Gasteiger partial charge in [0.15, 0.2) is 11.5 Å². The second-order valence-electron chi connectivity index (χ2n) is 8.68. The molecule has 3 aromatic carbocycles. The second-order valence-corrected chi connectivity index (χ2v) is 8.68. The monoisotopic (exact) mass is 463 g/mol. The fourth-order valence-corrected chi connectivity index (χ4v) is 4.63. The molecule has 0 saturated carbocycles. The fourth-order valence-electron chi connectivity index (χ4n) is 4.63. The first-order valence-corrected chi connectivity index (χ1v) is 11.8. The van der Waals surface area contributed by atoms with Gasteiger partial charge in [0.2, 0.25) is 0 Å². The number of benzene rings is 3. The number of furan rings is 1. The Morgan fingerprint density at radius 3 is 2.31 bits per heavy atom. The third-order valence-electron chi connectivity index (χ3n) is 6.54. The van der Waals surface area contributed by atoms with Gasteiger partial charge in [-0.25, -0.2) is 4.98 Å². The SMILES string of the molecule is Cn1c(=O)c(-c2oc(-c3ccc(N4CCOCC4)cc3)cc2-c2ccccc2)nc2ccccc21. The Labute approximate surface area is 203 Å². The summed E-state index contributed by atoms with van der Waals surface area (Å²) < 4.78 is 13.5. The molecule has 5 aromatic rings. The first kappa shape index (κ1) is 21.4. The molecule has 174 valence electrons. The van der Waals surface area contributed by atoms with E-state index in [-0.39, 0.29) is 5.56 Å². The summed E-state index contributed by atoms with van der Waals surface area (Å²) in [4.78, 5) is 20.4. The van der Waals surface area contributed by atoms with Crippen molar-refractivity contribution in [1.29, 1.82) is 0 Å². The average molecular weight is 464 g/mol. The van der Waals surface area contributed by atoms with Crippen LogP contribution in [0.1, 0.15) is 0 Å². The van der Waals surface area contributed by atoms with Crippen LogP contribution >= 0.6 is 0 Å². The molecule has 6 heteroatoms. The van der Waals surface area contributed by atoms with Crippen molar-refractivity contribution in [3.05, 3.63) is 95.3 Å². The minimum atomic E-state index is -0.190. The van der Waals surface area contributed by atoms with E-state index < -0.39 is 0 Å². The minimum Gasteiger partial charge on any atom is -0.454 e. The molecule has 2 aromatic heterocycles. The van der Waals surface area contributed by atoms with Crippen LogP contribution in [-0.2, 0) is 11.8 Å². The van der Waals surface area contributed by atoms with E-state index in [2.05, 4.69) is 29.2 Å². The molecule has 6 nitrogen and oxygen atoms in total. The van der Waals surface area contributed by atoms with Crippen LogP contribution in [0.2, 0.25) is 0 Å². The van der Waals surface area contributed by atoms with Gasteiger partial charge >= 0.3 is 0 Å². The molecule has 0 amide bonds. The molecule has 1 aliphatic heterocycles. The van der Waals surface area contributed by atoms with Crippen molar-refractivity contribution in [3.63, 3.8) is 0 Å². The average Bonchev–Trinajstić information content (AvgIpc) is 3.37. The largest absolute Gasteiger partial charge is 0.454 e. The maximum absolute atomic E-state index is 13.4. The highest BCUT2D eigenvalue weighted by molar-refractivity contribution is 5.85. The molecule has 0 bridgehead atoms. The van der Waals surface area contributed by atoms with Gasteiger partial charge < -0.3 is 18.6 Å². The number of hydrogen-bond donors (Lipinski definition) is 0. The molecule has 0 unspecified atom stereocenters. The summed E-state index contributed by atoms with van der Waals surface area (Å²) >= 11 is 0. The number of rotatable bonds is 4. The van der Waals surface area contributed by atoms with Gasteiger partial charge in [-0.15, -0.1) is 0 Å². The molecule has 1 fully saturated rings. The maximum Gasteiger partial charge on any atom is 0.280 e. The van der Waals surface area contributed by atoms with Gasteiger partial charge in [0.05, 0.1) is 24.2 Å². The summed E-state index contributed by atoms with van der Waals surface area (Å²) in [7, 11) is 1.77. The van der Waals surface area contributed by atoms with E-state index in [0.717, 1.165) is 59.7 Å². The third-order valence-corrected chi connectivity index (χ3v) is 6.54. The lowest BCUT2D eigenvalue weighted by molar-refractivity contribution is 0.122. The molecule has 0 aliphatic carbocycles. The topological polar surface area (TPSA) is 60.5 Å². The molecule has 0 atom stereocenters. The van der Waals surface area contributed by atoms with Gasteiger partial charge in [-0.3, -0.25) is 4.79 Å². The molecule has 6 rings (SSSR count). The molecule has 0 spiro atoms. The van der Waals surface area contributed by atoms with Gasteiger partial charge in [0, 0.05) is 37.0 Å². The van der Waals surface area contributed by atoms with E-state index in [1.54, 1.807) is 11.6 Å². The number of fused-ring (bicyclic) bond motifs is 1. The lowest BCUT2D eigenvalue weighted by Gasteiger charge is -2.28. The third kappa shape index (κ3) is 3.92. The van der Waals surface area contributed by atoms with Crippen LogP contribution in [0.5, 0.6) is 0 Å². The number of aryl methyl sites for hydroxylation is 1. The number of aromatic nitrogens is 2. The summed E-state index contributed by atoms with van der Waals surface area (Å²) in [6.07, 6.45) is 0. The lowest BCUT2D eigenvalue weighted by Crippen LogP contribution is -2.36. The lowest BCUT2D eigenvalue weighted by atomic mass is 10.0. The maximum atomic E-state index is 13.4. The minimum absolute atomic E-state index is 0.190. The standard InChI is InChI=1S/C29H25N3O3/c1-31-25-10-6-5-9-24(25)30-27(29(31)33)28-23(20-7-3-2-4-8-20)19-26(35-28)21-11-13-22(14-12-21)32-15-17-34-18-16-32/h2-14,19H,15-18H2,1H3. The van der Waals surface area contributed by atoms with Crippen LogP contribution in [0.4, 0.5) is 5.69 Å². The highest BCUT2D eigenvalue weighted by Gasteiger charge is 2.22. The number of anilines is 1. The predicted molar refractivity (Wildman–Crippen MR) is 139 cm³/mol. The van der Waals surface area contributed by atoms with E-state index in [4.69, 9.17) is 14.1 Å². The van der Waals surface area contributed by atoms with Crippen molar-refractivity contribution in [2.24, 2.45) is 7.05 Å². The van der Waals surface area contributed by atoms with Crippen molar-refractivity contribution in [2.45, 2.75) is 0 Å². The van der Waals surface area contributed by atoms with Crippen molar-refractivity contribution in [2.75, 3.05) is 31.2 Å². The van der Waals surface area contributed by atoms with Crippen LogP contribution in [0, 0.1) is 0 Å². The molecule has 1 saturated heterocycles. The van der Waals surface area contributed by atoms with Crippen LogP contribution in [0.15, 0.2) is 94.1 Å². The summed E-state index contributed by atoms with van der Waals surface area (Å²) in [6, 6.07) is 28.0. The van der Waals surface area contributed by atoms with Crippen molar-refractivity contribution < 1.29 is 9.15 Å². The summed E-state index contributed by atoms with van der Waals surface area (Å²) in [5.41, 5.74) is 5.58. The molecule has 0 radical (unpaired) electrons. The number of para-hydroxylation sites is 2. The van der Waals surface area contributed by atoms with Gasteiger partial charge in [-0.2, -0.15) is 0 Å². The number of nitrogens with zero attached hydrogens (tertiary/aromatic N) is 3. The predicted octanol–water partition coefficient (Wildman–Crippen LogP) is 5.36. The highest BCUT2D eigenvalue weighted by atomic mass is 16.5. The Hall–Kier alpha value is -4.16. The summed E-state index contributed by atoms with van der Waals surface area (Å²) in [5.74, 6) is 1.18. The van der Waals surface area contributed by atoms with E-state index in [0.29, 0.717) is 17.2 Å². The van der Waals surface area contributed by atoms with Crippen LogP contribution in [0.25, 0.3) is 44.9 Å². The van der Waals surface area contributed by atoms with E-state index in [9.17, 15) is 4.79 Å². The molecular formula is C29H25N3O3. The zero-order chi connectivity index (χ0) is 23.8. The smallest absolute Gasteiger partial charge is 0.280 e. The Balaban J connectivity index is 1.48. The van der Waals surface area contributed by atoms with Crippen LogP contribution in [-0.4, -0.2) is 35.9 Å². The molecular weight excluding hydrogens is 438 g/mol. The van der Waals surface area contributed by atoms with E-state index in [1.165, 1.54) is 0 Å². The fraction of sp³-hybridized carbons (Fsp3) is 0.172. The van der Waals surface area contributed by atoms with Crippen molar-refractivity contribution in [1.82, 2.24) is 9.55 Å². The normalized spacial score (nSPS) is 13.9. The van der Waals surface area contributed by atoms with Gasteiger partial charge in [0.1, 0.15) is 5.76 Å². The molecule has 3 heterocycles. The van der Waals surface area contributed by atoms with Crippen LogP contribution in [0.3, 0.4) is 0 Å². The van der Waals surface area contributed by atoms with E-state index in [1.807, 2.05) is 60.7 Å². The Bertz CT molecular complexity index is 1550. The first-order chi connectivity index (χ1) is 17.2. The first-order valence-electron chi connectivity index (χ1n) is 11.8. The molecule has 35 heavy (non-hydrogen) atoms. The molecule has 1 aliphatic rings. The van der Waals surface area contributed by atoms with Gasteiger partial charge in [0.25, 0.3) is 5.56 Å². The Kier molecular flexibility index (Phi) is 5.43.